The van der Waals surface area contributed by atoms with Crippen LogP contribution in [0.5, 0.6) is 0 Å². The molecule has 2 nitrogen and oxygen atoms in total. The molecule has 1 aliphatic rings. The molecule has 1 N–H and O–H groups in total. The number of ether oxygens (including phenoxy) is 1. The van der Waals surface area contributed by atoms with Crippen LogP contribution in [0.15, 0.2) is 0 Å². The van der Waals surface area contributed by atoms with Crippen molar-refractivity contribution >= 4 is 0 Å². The molecule has 0 aliphatic heterocycles. The van der Waals surface area contributed by atoms with E-state index in [1.165, 1.54) is 32.2 Å². The van der Waals surface area contributed by atoms with Crippen LogP contribution in [0.2, 0.25) is 0 Å². The first-order chi connectivity index (χ1) is 7.20. The lowest BCUT2D eigenvalue weighted by Crippen LogP contribution is -2.31. The summed E-state index contributed by atoms with van der Waals surface area (Å²) >= 11 is 0. The van der Waals surface area contributed by atoms with Gasteiger partial charge in [-0.25, -0.2) is 0 Å². The first kappa shape index (κ1) is 13.0. The summed E-state index contributed by atoms with van der Waals surface area (Å²) in [5.41, 5.74) is 0. The Morgan fingerprint density at radius 3 is 2.67 bits per heavy atom. The first-order valence-electron chi connectivity index (χ1n) is 6.52. The normalized spacial score (nSPS) is 27.2. The molecule has 0 amide bonds. The molecule has 1 rings (SSSR count). The topological polar surface area (TPSA) is 21.3 Å². The van der Waals surface area contributed by atoms with Crippen LogP contribution in [0.3, 0.4) is 0 Å². The van der Waals surface area contributed by atoms with Gasteiger partial charge in [0.2, 0.25) is 0 Å². The van der Waals surface area contributed by atoms with Crippen LogP contribution in [0.4, 0.5) is 0 Å². The Bertz CT molecular complexity index is 159. The molecule has 0 spiro atoms. The Morgan fingerprint density at radius 1 is 1.27 bits per heavy atom. The highest BCUT2D eigenvalue weighted by Crippen LogP contribution is 2.28. The summed E-state index contributed by atoms with van der Waals surface area (Å²) in [6.45, 7) is 9.60. The van der Waals surface area contributed by atoms with E-state index in [2.05, 4.69) is 26.1 Å². The van der Waals surface area contributed by atoms with Gasteiger partial charge in [0, 0.05) is 6.54 Å². The monoisotopic (exact) mass is 213 g/mol. The molecule has 1 fully saturated rings. The fourth-order valence-electron chi connectivity index (χ4n) is 2.35. The Kier molecular flexibility index (Phi) is 6.26. The van der Waals surface area contributed by atoms with Gasteiger partial charge in [-0.05, 0) is 38.6 Å². The standard InChI is InChI=1S/C13H27NO/c1-11(2)15-9-8-14-10-13-7-5-4-6-12(13)3/h11-14H,4-10H2,1-3H3. The predicted octanol–water partition coefficient (Wildman–Crippen LogP) is 2.83. The lowest BCUT2D eigenvalue weighted by atomic mass is 9.80. The van der Waals surface area contributed by atoms with E-state index in [0.717, 1.165) is 25.0 Å². The van der Waals surface area contributed by atoms with Gasteiger partial charge in [-0.3, -0.25) is 0 Å². The molecule has 0 heterocycles. The Balaban J connectivity index is 1.99. The first-order valence-corrected chi connectivity index (χ1v) is 6.52. The number of nitrogens with one attached hydrogen (secondary N) is 1. The van der Waals surface area contributed by atoms with Crippen LogP contribution >= 0.6 is 0 Å². The third-order valence-electron chi connectivity index (χ3n) is 3.43. The SMILES string of the molecule is CC(C)OCCNCC1CCCCC1C. The molecule has 0 aromatic rings. The van der Waals surface area contributed by atoms with E-state index in [0.29, 0.717) is 6.10 Å². The van der Waals surface area contributed by atoms with Crippen LogP contribution < -0.4 is 5.32 Å². The molecule has 0 bridgehead atoms. The summed E-state index contributed by atoms with van der Waals surface area (Å²) in [5.74, 6) is 1.81. The van der Waals surface area contributed by atoms with Crippen molar-refractivity contribution < 1.29 is 4.74 Å². The van der Waals surface area contributed by atoms with E-state index in [-0.39, 0.29) is 0 Å². The fourth-order valence-corrected chi connectivity index (χ4v) is 2.35. The second-order valence-electron chi connectivity index (χ2n) is 5.15. The summed E-state index contributed by atoms with van der Waals surface area (Å²) in [4.78, 5) is 0. The Morgan fingerprint density at radius 2 is 2.00 bits per heavy atom. The van der Waals surface area contributed by atoms with Gasteiger partial charge in [-0.15, -0.1) is 0 Å². The van der Waals surface area contributed by atoms with Gasteiger partial charge in [0.25, 0.3) is 0 Å². The van der Waals surface area contributed by atoms with E-state index in [4.69, 9.17) is 4.74 Å². The second-order valence-corrected chi connectivity index (χ2v) is 5.15. The molecule has 2 unspecified atom stereocenters. The largest absolute Gasteiger partial charge is 0.377 e. The fraction of sp³-hybridized carbons (Fsp3) is 1.00. The van der Waals surface area contributed by atoms with Crippen LogP contribution in [0, 0.1) is 11.8 Å². The van der Waals surface area contributed by atoms with Crippen LogP contribution in [-0.4, -0.2) is 25.8 Å². The second kappa shape index (κ2) is 7.24. The average Bonchev–Trinajstić information content (AvgIpc) is 2.20. The van der Waals surface area contributed by atoms with Crippen molar-refractivity contribution in [3.05, 3.63) is 0 Å². The zero-order valence-corrected chi connectivity index (χ0v) is 10.6. The molecule has 15 heavy (non-hydrogen) atoms. The maximum atomic E-state index is 5.50. The minimum Gasteiger partial charge on any atom is -0.377 e. The maximum absolute atomic E-state index is 5.50. The van der Waals surface area contributed by atoms with E-state index in [1.807, 2.05) is 0 Å². The summed E-state index contributed by atoms with van der Waals surface area (Å²) in [7, 11) is 0. The van der Waals surface area contributed by atoms with E-state index in [1.54, 1.807) is 0 Å². The highest BCUT2D eigenvalue weighted by Gasteiger charge is 2.20. The molecule has 0 radical (unpaired) electrons. The minimum absolute atomic E-state index is 0.361. The molecule has 1 saturated carbocycles. The average molecular weight is 213 g/mol. The summed E-state index contributed by atoms with van der Waals surface area (Å²) in [5, 5.41) is 3.52. The zero-order valence-electron chi connectivity index (χ0n) is 10.6. The van der Waals surface area contributed by atoms with Crippen molar-refractivity contribution in [3.8, 4) is 0 Å². The minimum atomic E-state index is 0.361. The van der Waals surface area contributed by atoms with Crippen molar-refractivity contribution in [3.63, 3.8) is 0 Å². The molecule has 1 aliphatic carbocycles. The van der Waals surface area contributed by atoms with E-state index in [9.17, 15) is 0 Å². The van der Waals surface area contributed by atoms with Gasteiger partial charge in [-0.1, -0.05) is 26.2 Å². The smallest absolute Gasteiger partial charge is 0.0594 e. The van der Waals surface area contributed by atoms with E-state index >= 15 is 0 Å². The van der Waals surface area contributed by atoms with Gasteiger partial charge in [-0.2, -0.15) is 0 Å². The zero-order chi connectivity index (χ0) is 11.1. The number of hydrogen-bond donors (Lipinski definition) is 1. The van der Waals surface area contributed by atoms with Gasteiger partial charge < -0.3 is 10.1 Å². The van der Waals surface area contributed by atoms with Crippen molar-refractivity contribution in [1.82, 2.24) is 5.32 Å². The van der Waals surface area contributed by atoms with Crippen LogP contribution in [-0.2, 0) is 4.74 Å². The highest BCUT2D eigenvalue weighted by atomic mass is 16.5. The van der Waals surface area contributed by atoms with Crippen molar-refractivity contribution in [2.45, 2.75) is 52.6 Å². The number of rotatable bonds is 6. The summed E-state index contributed by atoms with van der Waals surface area (Å²) < 4.78 is 5.50. The molecule has 2 atom stereocenters. The summed E-state index contributed by atoms with van der Waals surface area (Å²) in [6.07, 6.45) is 6.07. The van der Waals surface area contributed by atoms with Gasteiger partial charge in [0.15, 0.2) is 0 Å². The van der Waals surface area contributed by atoms with Gasteiger partial charge in [0.1, 0.15) is 0 Å². The van der Waals surface area contributed by atoms with Crippen molar-refractivity contribution in [1.29, 1.82) is 0 Å². The maximum Gasteiger partial charge on any atom is 0.0594 e. The molecular formula is C13H27NO. The quantitative estimate of drug-likeness (QED) is 0.685. The third-order valence-corrected chi connectivity index (χ3v) is 3.43. The summed E-state index contributed by atoms with van der Waals surface area (Å²) in [6, 6.07) is 0. The predicted molar refractivity (Wildman–Crippen MR) is 65.1 cm³/mol. The molecule has 0 saturated heterocycles. The lowest BCUT2D eigenvalue weighted by Gasteiger charge is -2.28. The molecular weight excluding hydrogens is 186 g/mol. The molecule has 2 heteroatoms. The third kappa shape index (κ3) is 5.53. The van der Waals surface area contributed by atoms with E-state index < -0.39 is 0 Å². The highest BCUT2D eigenvalue weighted by molar-refractivity contribution is 4.73. The van der Waals surface area contributed by atoms with Crippen LogP contribution in [0.25, 0.3) is 0 Å². The van der Waals surface area contributed by atoms with Crippen molar-refractivity contribution in [2.24, 2.45) is 11.8 Å². The van der Waals surface area contributed by atoms with Crippen LogP contribution in [0.1, 0.15) is 46.5 Å². The Labute approximate surface area is 94.8 Å². The molecule has 90 valence electrons. The van der Waals surface area contributed by atoms with Crippen molar-refractivity contribution in [2.75, 3.05) is 19.7 Å². The molecule has 0 aromatic carbocycles. The number of hydrogen-bond acceptors (Lipinski definition) is 2. The van der Waals surface area contributed by atoms with Gasteiger partial charge >= 0.3 is 0 Å². The molecule has 0 aromatic heterocycles. The van der Waals surface area contributed by atoms with Gasteiger partial charge in [0.05, 0.1) is 12.7 Å². The lowest BCUT2D eigenvalue weighted by molar-refractivity contribution is 0.0794. The Hall–Kier alpha value is -0.0800.